The number of ether oxygens (including phenoxy) is 1. The molecule has 206 valence electrons. The molecule has 10 heteroatoms. The van der Waals surface area contributed by atoms with Crippen molar-refractivity contribution in [3.05, 3.63) is 12.7 Å². The lowest BCUT2D eigenvalue weighted by Gasteiger charge is -2.32. The number of hydrogen-bond donors (Lipinski definition) is 3. The molecule has 0 spiro atoms. The van der Waals surface area contributed by atoms with E-state index < -0.39 is 47.4 Å². The molecule has 2 heterocycles. The van der Waals surface area contributed by atoms with Crippen molar-refractivity contribution in [2.24, 2.45) is 11.8 Å². The van der Waals surface area contributed by atoms with E-state index >= 15 is 0 Å². The number of alkyl carbamates (subject to hydrolysis) is 1. The van der Waals surface area contributed by atoms with Crippen molar-refractivity contribution >= 4 is 29.6 Å². The Morgan fingerprint density at radius 3 is 2.38 bits per heavy atom. The van der Waals surface area contributed by atoms with Gasteiger partial charge in [-0.1, -0.05) is 44.6 Å². The van der Waals surface area contributed by atoms with Gasteiger partial charge in [-0.05, 0) is 51.9 Å². The van der Waals surface area contributed by atoms with Gasteiger partial charge in [0.1, 0.15) is 17.7 Å². The zero-order valence-electron chi connectivity index (χ0n) is 22.3. The summed E-state index contributed by atoms with van der Waals surface area (Å²) in [6, 6.07) is -2.47. The van der Waals surface area contributed by atoms with Crippen molar-refractivity contribution in [2.75, 3.05) is 13.1 Å². The predicted octanol–water partition coefficient (Wildman–Crippen LogP) is 2.22. The highest BCUT2D eigenvalue weighted by Gasteiger charge is 2.57. The van der Waals surface area contributed by atoms with E-state index in [0.29, 0.717) is 25.8 Å². The lowest BCUT2D eigenvalue weighted by Crippen LogP contribution is -2.57. The number of carbonyl (C=O) groups is 5. The average Bonchev–Trinajstić information content (AvgIpc) is 3.48. The minimum absolute atomic E-state index is 0.0205. The topological polar surface area (TPSA) is 134 Å². The maximum Gasteiger partial charge on any atom is 0.408 e. The Balaban J connectivity index is 1.79. The van der Waals surface area contributed by atoms with Gasteiger partial charge < -0.3 is 25.6 Å². The Kier molecular flexibility index (Phi) is 9.73. The summed E-state index contributed by atoms with van der Waals surface area (Å²) in [7, 11) is 0. The number of amides is 4. The van der Waals surface area contributed by atoms with Crippen LogP contribution in [0.2, 0.25) is 0 Å². The van der Waals surface area contributed by atoms with Gasteiger partial charge in [0.2, 0.25) is 17.6 Å². The van der Waals surface area contributed by atoms with Crippen molar-refractivity contribution in [1.82, 2.24) is 20.9 Å². The largest absolute Gasteiger partial charge is 0.444 e. The molecule has 3 aliphatic rings. The highest BCUT2D eigenvalue weighted by atomic mass is 16.6. The van der Waals surface area contributed by atoms with Gasteiger partial charge >= 0.3 is 6.09 Å². The minimum Gasteiger partial charge on any atom is -0.444 e. The summed E-state index contributed by atoms with van der Waals surface area (Å²) in [5.41, 5.74) is -0.704. The number of rotatable bonds is 5. The fourth-order valence-corrected chi connectivity index (χ4v) is 5.28. The second kappa shape index (κ2) is 12.6. The van der Waals surface area contributed by atoms with Crippen LogP contribution in [-0.2, 0) is 23.9 Å². The molecule has 37 heavy (non-hydrogen) atoms. The van der Waals surface area contributed by atoms with Gasteiger partial charge in [0.05, 0.1) is 6.04 Å². The number of carbonyl (C=O) groups excluding carboxylic acids is 5. The van der Waals surface area contributed by atoms with Gasteiger partial charge in [-0.2, -0.15) is 0 Å². The van der Waals surface area contributed by atoms with Crippen molar-refractivity contribution in [2.45, 2.75) is 102 Å². The Bertz CT molecular complexity index is 898. The number of fused-ring (bicyclic) bond motifs is 3. The lowest BCUT2D eigenvalue weighted by atomic mass is 10.0. The monoisotopic (exact) mass is 518 g/mol. The fourth-order valence-electron chi connectivity index (χ4n) is 5.28. The summed E-state index contributed by atoms with van der Waals surface area (Å²) in [4.78, 5) is 66.4. The number of nitrogens with zero attached hydrogens (tertiary/aromatic N) is 1. The molecule has 0 aromatic rings. The molecule has 3 N–H and O–H groups in total. The third-order valence-corrected chi connectivity index (χ3v) is 7.19. The molecule has 4 amide bonds. The van der Waals surface area contributed by atoms with Crippen LogP contribution in [0.1, 0.15) is 78.6 Å². The normalized spacial score (nSPS) is 28.9. The Morgan fingerprint density at radius 2 is 1.73 bits per heavy atom. The molecule has 10 nitrogen and oxygen atoms in total. The van der Waals surface area contributed by atoms with Crippen LogP contribution in [0.4, 0.5) is 4.79 Å². The summed E-state index contributed by atoms with van der Waals surface area (Å²) < 4.78 is 5.39. The third-order valence-electron chi connectivity index (χ3n) is 7.19. The van der Waals surface area contributed by atoms with Gasteiger partial charge in [-0.25, -0.2) is 4.79 Å². The SMILES string of the molecule is C=CCNC(=O)C(=O)[C@@H]1CCCCCCCC[C@H](NC(=O)OC(C)(C)C)C(=O)N2C[C@@H]3C[C@@H]3[C@H]2C(=O)N1. The number of ketones is 1. The van der Waals surface area contributed by atoms with Crippen LogP contribution < -0.4 is 16.0 Å². The molecule has 0 aromatic carbocycles. The van der Waals surface area contributed by atoms with E-state index in [1.54, 1.807) is 25.7 Å². The molecule has 5 atom stereocenters. The van der Waals surface area contributed by atoms with Crippen LogP contribution >= 0.6 is 0 Å². The summed E-state index contributed by atoms with van der Waals surface area (Å²) in [5.74, 6) is -1.92. The van der Waals surface area contributed by atoms with Crippen molar-refractivity contribution < 1.29 is 28.7 Å². The van der Waals surface area contributed by atoms with Crippen molar-refractivity contribution in [3.8, 4) is 0 Å². The molecule has 0 radical (unpaired) electrons. The highest BCUT2D eigenvalue weighted by Crippen LogP contribution is 2.49. The van der Waals surface area contributed by atoms with Crippen LogP contribution in [-0.4, -0.2) is 71.3 Å². The number of piperidine rings is 1. The van der Waals surface area contributed by atoms with Crippen LogP contribution in [0.25, 0.3) is 0 Å². The third kappa shape index (κ3) is 8.04. The molecule has 2 aliphatic heterocycles. The van der Waals surface area contributed by atoms with Crippen LogP contribution in [0.3, 0.4) is 0 Å². The standard InChI is InChI=1S/C27H42N4O6/c1-5-14-28-24(34)22(32)19-12-10-8-6-7-9-11-13-20(30-26(36)37-27(2,3)4)25(35)31-16-17-15-18(17)21(31)23(33)29-19/h5,17-21H,1,6-16H2,2-4H3,(H,28,34)(H,29,33)(H,30,36)/t17-,18-,19-,20-,21-/m0/s1. The van der Waals surface area contributed by atoms with Gasteiger partial charge in [-0.3, -0.25) is 19.2 Å². The highest BCUT2D eigenvalue weighted by molar-refractivity contribution is 6.38. The van der Waals surface area contributed by atoms with Gasteiger partial charge in [-0.15, -0.1) is 6.58 Å². The minimum atomic E-state index is -0.951. The zero-order valence-corrected chi connectivity index (χ0v) is 22.3. The second-order valence-electron chi connectivity index (χ2n) is 11.4. The summed E-state index contributed by atoms with van der Waals surface area (Å²) in [6.07, 6.45) is 7.61. The summed E-state index contributed by atoms with van der Waals surface area (Å²) in [6.45, 7) is 9.41. The first-order chi connectivity index (χ1) is 17.5. The fraction of sp³-hybridized carbons (Fsp3) is 0.741. The molecule has 0 aromatic heterocycles. The van der Waals surface area contributed by atoms with E-state index in [4.69, 9.17) is 4.74 Å². The maximum absolute atomic E-state index is 13.7. The van der Waals surface area contributed by atoms with Crippen molar-refractivity contribution in [1.29, 1.82) is 0 Å². The molecule has 1 saturated carbocycles. The van der Waals surface area contributed by atoms with Crippen LogP contribution in [0, 0.1) is 11.8 Å². The van der Waals surface area contributed by atoms with E-state index in [1.165, 1.54) is 6.08 Å². The average molecular weight is 519 g/mol. The Hall–Kier alpha value is -2.91. The maximum atomic E-state index is 13.7. The summed E-state index contributed by atoms with van der Waals surface area (Å²) >= 11 is 0. The second-order valence-corrected chi connectivity index (χ2v) is 11.4. The van der Waals surface area contributed by atoms with Crippen LogP contribution in [0.5, 0.6) is 0 Å². The summed E-state index contributed by atoms with van der Waals surface area (Å²) in [5, 5.41) is 8.03. The molecular formula is C27H42N4O6. The molecule has 3 fully saturated rings. The number of hydrogen-bond acceptors (Lipinski definition) is 6. The van der Waals surface area contributed by atoms with Crippen molar-refractivity contribution in [3.63, 3.8) is 0 Å². The van der Waals surface area contributed by atoms with E-state index in [-0.39, 0.29) is 24.3 Å². The molecular weight excluding hydrogens is 476 g/mol. The molecule has 0 unspecified atom stereocenters. The zero-order chi connectivity index (χ0) is 27.2. The molecule has 1 aliphatic carbocycles. The van der Waals surface area contributed by atoms with Gasteiger partial charge in [0.15, 0.2) is 0 Å². The Morgan fingerprint density at radius 1 is 1.08 bits per heavy atom. The van der Waals surface area contributed by atoms with E-state index in [0.717, 1.165) is 38.5 Å². The molecule has 0 bridgehead atoms. The smallest absolute Gasteiger partial charge is 0.408 e. The first-order valence-electron chi connectivity index (χ1n) is 13.5. The predicted molar refractivity (Wildman–Crippen MR) is 137 cm³/mol. The first kappa shape index (κ1) is 28.7. The molecule has 2 saturated heterocycles. The lowest BCUT2D eigenvalue weighted by molar-refractivity contribution is -0.143. The van der Waals surface area contributed by atoms with E-state index in [1.807, 2.05) is 0 Å². The van der Waals surface area contributed by atoms with Gasteiger partial charge in [0, 0.05) is 13.1 Å². The number of nitrogens with one attached hydrogen (secondary N) is 3. The quantitative estimate of drug-likeness (QED) is 0.377. The first-order valence-corrected chi connectivity index (χ1v) is 13.5. The molecule has 3 rings (SSSR count). The Labute approximate surface area is 219 Å². The van der Waals surface area contributed by atoms with E-state index in [9.17, 15) is 24.0 Å². The van der Waals surface area contributed by atoms with Crippen LogP contribution in [0.15, 0.2) is 12.7 Å². The van der Waals surface area contributed by atoms with Gasteiger partial charge in [0.25, 0.3) is 5.91 Å². The number of Topliss-reactive ketones (excluding diaryl/α,β-unsaturated/α-hetero) is 1. The van der Waals surface area contributed by atoms with E-state index in [2.05, 4.69) is 22.5 Å².